The summed E-state index contributed by atoms with van der Waals surface area (Å²) in [5.41, 5.74) is 0.963. The van der Waals surface area contributed by atoms with Gasteiger partial charge in [-0.1, -0.05) is 42.5 Å². The molecule has 1 atom stereocenters. The predicted octanol–water partition coefficient (Wildman–Crippen LogP) is 1.79. The van der Waals surface area contributed by atoms with Crippen LogP contribution in [0.15, 0.2) is 42.5 Å². The molecule has 2 amide bonds. The summed E-state index contributed by atoms with van der Waals surface area (Å²) < 4.78 is 5.45. The van der Waals surface area contributed by atoms with E-state index in [1.807, 2.05) is 42.5 Å². The molecular formula is C19H22N2O3. The van der Waals surface area contributed by atoms with E-state index in [2.05, 4.69) is 10.6 Å². The number of carbonyl (C=O) groups is 2. The zero-order valence-electron chi connectivity index (χ0n) is 13.6. The number of hydrogen-bond donors (Lipinski definition) is 2. The highest BCUT2D eigenvalue weighted by atomic mass is 16.5. The average molecular weight is 326 g/mol. The van der Waals surface area contributed by atoms with Gasteiger partial charge in [0.2, 0.25) is 11.8 Å². The Bertz CT molecular complexity index is 718. The standard InChI is InChI=1S/C19H22N2O3/c22-18(21-13-19(23)20-12-16-8-4-10-24-16)11-15-7-3-6-14-5-1-2-9-17(14)15/h1-3,5-7,9,16H,4,8,10-13H2,(H,20,23)(H,21,22). The molecule has 2 N–H and O–H groups in total. The van der Waals surface area contributed by atoms with Crippen LogP contribution in [-0.4, -0.2) is 37.6 Å². The predicted molar refractivity (Wildman–Crippen MR) is 92.6 cm³/mol. The maximum atomic E-state index is 12.1. The molecule has 0 aliphatic carbocycles. The molecule has 1 saturated heterocycles. The lowest BCUT2D eigenvalue weighted by molar-refractivity contribution is -0.126. The van der Waals surface area contributed by atoms with Gasteiger partial charge in [-0.05, 0) is 29.2 Å². The molecule has 1 fully saturated rings. The molecule has 0 aromatic heterocycles. The third kappa shape index (κ3) is 4.32. The Morgan fingerprint density at radius 2 is 1.88 bits per heavy atom. The largest absolute Gasteiger partial charge is 0.376 e. The smallest absolute Gasteiger partial charge is 0.239 e. The van der Waals surface area contributed by atoms with E-state index in [0.717, 1.165) is 35.8 Å². The van der Waals surface area contributed by atoms with Crippen LogP contribution in [0.2, 0.25) is 0 Å². The molecule has 1 aliphatic rings. The van der Waals surface area contributed by atoms with Crippen LogP contribution in [0.3, 0.4) is 0 Å². The Morgan fingerprint density at radius 1 is 1.04 bits per heavy atom. The van der Waals surface area contributed by atoms with E-state index in [9.17, 15) is 9.59 Å². The number of nitrogens with one attached hydrogen (secondary N) is 2. The molecule has 0 bridgehead atoms. The monoisotopic (exact) mass is 326 g/mol. The molecule has 0 radical (unpaired) electrons. The fourth-order valence-electron chi connectivity index (χ4n) is 2.96. The van der Waals surface area contributed by atoms with Crippen LogP contribution < -0.4 is 10.6 Å². The minimum Gasteiger partial charge on any atom is -0.376 e. The van der Waals surface area contributed by atoms with Crippen molar-refractivity contribution in [1.82, 2.24) is 10.6 Å². The summed E-state index contributed by atoms with van der Waals surface area (Å²) in [6, 6.07) is 13.9. The lowest BCUT2D eigenvalue weighted by Gasteiger charge is -2.11. The zero-order chi connectivity index (χ0) is 16.8. The molecule has 24 heavy (non-hydrogen) atoms. The van der Waals surface area contributed by atoms with Crippen LogP contribution in [0.25, 0.3) is 10.8 Å². The summed E-state index contributed by atoms with van der Waals surface area (Å²) in [5.74, 6) is -0.338. The molecule has 126 valence electrons. The summed E-state index contributed by atoms with van der Waals surface area (Å²) in [7, 11) is 0. The van der Waals surface area contributed by atoms with Crippen LogP contribution in [0.1, 0.15) is 18.4 Å². The van der Waals surface area contributed by atoms with Gasteiger partial charge >= 0.3 is 0 Å². The van der Waals surface area contributed by atoms with Crippen LogP contribution in [-0.2, 0) is 20.7 Å². The number of hydrogen-bond acceptors (Lipinski definition) is 3. The second-order valence-electron chi connectivity index (χ2n) is 6.03. The van der Waals surface area contributed by atoms with E-state index in [4.69, 9.17) is 4.74 Å². The number of ether oxygens (including phenoxy) is 1. The Morgan fingerprint density at radius 3 is 2.71 bits per heavy atom. The second kappa shape index (κ2) is 7.93. The van der Waals surface area contributed by atoms with Crippen molar-refractivity contribution in [3.05, 3.63) is 48.0 Å². The fourth-order valence-corrected chi connectivity index (χ4v) is 2.96. The Kier molecular flexibility index (Phi) is 5.43. The van der Waals surface area contributed by atoms with Crippen molar-refractivity contribution < 1.29 is 14.3 Å². The topological polar surface area (TPSA) is 67.4 Å². The molecule has 0 spiro atoms. The normalized spacial score (nSPS) is 16.9. The third-order valence-corrected chi connectivity index (χ3v) is 4.23. The number of rotatable bonds is 6. The molecular weight excluding hydrogens is 304 g/mol. The highest BCUT2D eigenvalue weighted by Crippen LogP contribution is 2.18. The first-order valence-corrected chi connectivity index (χ1v) is 8.34. The Balaban J connectivity index is 1.47. The summed E-state index contributed by atoms with van der Waals surface area (Å²) >= 11 is 0. The molecule has 0 saturated carbocycles. The number of amides is 2. The first-order valence-electron chi connectivity index (χ1n) is 8.34. The molecule has 1 aliphatic heterocycles. The Labute approximate surface area is 141 Å². The van der Waals surface area contributed by atoms with E-state index in [0.29, 0.717) is 6.54 Å². The number of benzene rings is 2. The highest BCUT2D eigenvalue weighted by Gasteiger charge is 2.16. The summed E-state index contributed by atoms with van der Waals surface area (Å²) in [6.45, 7) is 1.27. The van der Waals surface area contributed by atoms with Crippen molar-refractivity contribution in [3.63, 3.8) is 0 Å². The minimum absolute atomic E-state index is 0.00365. The summed E-state index contributed by atoms with van der Waals surface area (Å²) in [5, 5.41) is 7.65. The molecule has 1 unspecified atom stereocenters. The molecule has 3 rings (SSSR count). The lowest BCUT2D eigenvalue weighted by atomic mass is 10.0. The van der Waals surface area contributed by atoms with Gasteiger partial charge in [-0.2, -0.15) is 0 Å². The van der Waals surface area contributed by atoms with Gasteiger partial charge in [0.25, 0.3) is 0 Å². The van der Waals surface area contributed by atoms with Gasteiger partial charge in [0.15, 0.2) is 0 Å². The van der Waals surface area contributed by atoms with Crippen molar-refractivity contribution >= 4 is 22.6 Å². The van der Waals surface area contributed by atoms with Crippen molar-refractivity contribution in [2.24, 2.45) is 0 Å². The van der Waals surface area contributed by atoms with Gasteiger partial charge in [-0.25, -0.2) is 0 Å². The summed E-state index contributed by atoms with van der Waals surface area (Å²) in [4.78, 5) is 23.9. The van der Waals surface area contributed by atoms with Crippen molar-refractivity contribution in [1.29, 1.82) is 0 Å². The number of fused-ring (bicyclic) bond motifs is 1. The zero-order valence-corrected chi connectivity index (χ0v) is 13.6. The minimum atomic E-state index is -0.184. The van der Waals surface area contributed by atoms with Gasteiger partial charge in [0.05, 0.1) is 19.1 Å². The van der Waals surface area contributed by atoms with Crippen molar-refractivity contribution in [3.8, 4) is 0 Å². The maximum absolute atomic E-state index is 12.1. The first kappa shape index (κ1) is 16.5. The molecule has 5 heteroatoms. The van der Waals surface area contributed by atoms with Crippen LogP contribution in [0.5, 0.6) is 0 Å². The molecule has 2 aromatic carbocycles. The van der Waals surface area contributed by atoms with Crippen LogP contribution in [0, 0.1) is 0 Å². The van der Waals surface area contributed by atoms with Crippen molar-refractivity contribution in [2.45, 2.75) is 25.4 Å². The van der Waals surface area contributed by atoms with E-state index in [-0.39, 0.29) is 30.9 Å². The van der Waals surface area contributed by atoms with E-state index >= 15 is 0 Å². The van der Waals surface area contributed by atoms with Gasteiger partial charge in [-0.15, -0.1) is 0 Å². The third-order valence-electron chi connectivity index (χ3n) is 4.23. The summed E-state index contributed by atoms with van der Waals surface area (Å²) in [6.07, 6.45) is 2.40. The SMILES string of the molecule is O=C(CNC(=O)Cc1cccc2ccccc12)NCC1CCCO1. The van der Waals surface area contributed by atoms with E-state index in [1.54, 1.807) is 0 Å². The van der Waals surface area contributed by atoms with Crippen molar-refractivity contribution in [2.75, 3.05) is 19.7 Å². The van der Waals surface area contributed by atoms with E-state index < -0.39 is 0 Å². The van der Waals surface area contributed by atoms with Crippen LogP contribution in [0.4, 0.5) is 0 Å². The quantitative estimate of drug-likeness (QED) is 0.850. The highest BCUT2D eigenvalue weighted by molar-refractivity contribution is 5.91. The van der Waals surface area contributed by atoms with Gasteiger partial charge in [0.1, 0.15) is 0 Å². The fraction of sp³-hybridized carbons (Fsp3) is 0.368. The first-order chi connectivity index (χ1) is 11.7. The maximum Gasteiger partial charge on any atom is 0.239 e. The number of carbonyl (C=O) groups excluding carboxylic acids is 2. The van der Waals surface area contributed by atoms with Crippen LogP contribution >= 0.6 is 0 Å². The molecule has 5 nitrogen and oxygen atoms in total. The Hall–Kier alpha value is -2.40. The lowest BCUT2D eigenvalue weighted by Crippen LogP contribution is -2.40. The van der Waals surface area contributed by atoms with Gasteiger partial charge in [0, 0.05) is 13.2 Å². The molecule has 1 heterocycles. The van der Waals surface area contributed by atoms with Gasteiger partial charge < -0.3 is 15.4 Å². The molecule has 2 aromatic rings. The second-order valence-corrected chi connectivity index (χ2v) is 6.03. The van der Waals surface area contributed by atoms with E-state index in [1.165, 1.54) is 0 Å². The van der Waals surface area contributed by atoms with Gasteiger partial charge in [-0.3, -0.25) is 9.59 Å². The average Bonchev–Trinajstić information content (AvgIpc) is 3.12.